The maximum atomic E-state index is 11.6. The Morgan fingerprint density at radius 2 is 1.28 bits per heavy atom. The van der Waals surface area contributed by atoms with Crippen LogP contribution < -0.4 is 5.11 Å². The van der Waals surface area contributed by atoms with Gasteiger partial charge in [-0.25, -0.2) is 4.79 Å². The van der Waals surface area contributed by atoms with E-state index in [-0.39, 0.29) is 22.8 Å². The Morgan fingerprint density at radius 1 is 0.800 bits per heavy atom. The molecule has 0 aliphatic rings. The summed E-state index contributed by atoms with van der Waals surface area (Å²) in [6, 6.07) is 16.8. The molecule has 0 amide bonds. The summed E-state index contributed by atoms with van der Waals surface area (Å²) in [5.41, 5.74) is 1.90. The fourth-order valence-corrected chi connectivity index (χ4v) is 2.86. The number of carboxylic acids is 1. The Hall–Kier alpha value is -3.47. The maximum Gasteiger partial charge on any atom is 0.335 e. The Kier molecular flexibility index (Phi) is 4.31. The van der Waals surface area contributed by atoms with Gasteiger partial charge in [0.25, 0.3) is 0 Å². The zero-order valence-electron chi connectivity index (χ0n) is 13.1. The Balaban J connectivity index is 2.23. The average Bonchev–Trinajstić information content (AvgIpc) is 2.59. The van der Waals surface area contributed by atoms with Crippen molar-refractivity contribution in [1.29, 1.82) is 0 Å². The number of phenolic OH excluding ortho intramolecular Hbond substituents is 2. The van der Waals surface area contributed by atoms with Crippen LogP contribution in [0.2, 0.25) is 0 Å². The standard InChI is InChI=1S/C20H16O5/c21-14-5-1-12(2-6-14)19(13-3-7-15(22)8-4-13)17-10-9-16(23)11-18(17)20(24)25/h1-11,19,21-23H,(H,24,25)/p-1. The first-order chi connectivity index (χ1) is 12.0. The van der Waals surface area contributed by atoms with E-state index < -0.39 is 11.9 Å². The topological polar surface area (TPSA) is 101 Å². The van der Waals surface area contributed by atoms with Gasteiger partial charge in [-0.1, -0.05) is 42.5 Å². The quantitative estimate of drug-likeness (QED) is 0.636. The highest BCUT2D eigenvalue weighted by Gasteiger charge is 2.22. The van der Waals surface area contributed by atoms with Crippen molar-refractivity contribution < 1.29 is 25.2 Å². The van der Waals surface area contributed by atoms with Crippen LogP contribution >= 0.6 is 0 Å². The van der Waals surface area contributed by atoms with Gasteiger partial charge in [0.05, 0.1) is 5.56 Å². The minimum atomic E-state index is -1.18. The second-order valence-corrected chi connectivity index (χ2v) is 5.67. The molecule has 3 N–H and O–H groups in total. The number of benzene rings is 3. The molecule has 3 aromatic rings. The van der Waals surface area contributed by atoms with Gasteiger partial charge in [0.1, 0.15) is 11.5 Å². The number of aromatic hydroxyl groups is 2. The lowest BCUT2D eigenvalue weighted by atomic mass is 9.82. The van der Waals surface area contributed by atoms with Gasteiger partial charge in [-0.05, 0) is 41.0 Å². The van der Waals surface area contributed by atoms with Crippen molar-refractivity contribution in [3.63, 3.8) is 0 Å². The van der Waals surface area contributed by atoms with E-state index in [1.807, 2.05) is 0 Å². The third-order valence-corrected chi connectivity index (χ3v) is 4.02. The van der Waals surface area contributed by atoms with E-state index in [0.717, 1.165) is 17.2 Å². The van der Waals surface area contributed by atoms with E-state index in [2.05, 4.69) is 0 Å². The monoisotopic (exact) mass is 335 g/mol. The predicted octanol–water partition coefficient (Wildman–Crippen LogP) is 3.05. The Morgan fingerprint density at radius 3 is 1.72 bits per heavy atom. The van der Waals surface area contributed by atoms with Crippen molar-refractivity contribution >= 4 is 5.97 Å². The molecule has 5 nitrogen and oxygen atoms in total. The summed E-state index contributed by atoms with van der Waals surface area (Å²) < 4.78 is 0. The summed E-state index contributed by atoms with van der Waals surface area (Å²) in [4.78, 5) is 11.6. The molecule has 0 radical (unpaired) electrons. The summed E-state index contributed by atoms with van der Waals surface area (Å²) in [6.07, 6.45) is 0. The van der Waals surface area contributed by atoms with Crippen molar-refractivity contribution in [2.24, 2.45) is 0 Å². The molecule has 0 bridgehead atoms. The van der Waals surface area contributed by atoms with E-state index in [1.54, 1.807) is 24.3 Å². The van der Waals surface area contributed by atoms with Crippen molar-refractivity contribution in [1.82, 2.24) is 0 Å². The second-order valence-electron chi connectivity index (χ2n) is 5.67. The number of hydrogen-bond donors (Lipinski definition) is 3. The van der Waals surface area contributed by atoms with Crippen LogP contribution in [0.4, 0.5) is 0 Å². The van der Waals surface area contributed by atoms with Gasteiger partial charge in [0.15, 0.2) is 0 Å². The lowest BCUT2D eigenvalue weighted by Gasteiger charge is -2.22. The molecule has 0 saturated carbocycles. The maximum absolute atomic E-state index is 11.6. The van der Waals surface area contributed by atoms with Gasteiger partial charge in [-0.3, -0.25) is 0 Å². The molecule has 0 fully saturated rings. The number of carbonyl (C=O) groups is 1. The largest absolute Gasteiger partial charge is 0.872 e. The Bertz CT molecular complexity index is 853. The molecule has 126 valence electrons. The summed E-state index contributed by atoms with van der Waals surface area (Å²) in [5, 5.41) is 40.2. The van der Waals surface area contributed by atoms with Crippen LogP contribution in [0.25, 0.3) is 0 Å². The molecule has 0 atom stereocenters. The van der Waals surface area contributed by atoms with Crippen molar-refractivity contribution in [2.45, 2.75) is 5.92 Å². The van der Waals surface area contributed by atoms with Crippen molar-refractivity contribution in [3.05, 3.63) is 89.0 Å². The number of phenols is 2. The minimum Gasteiger partial charge on any atom is -0.872 e. The van der Waals surface area contributed by atoms with Gasteiger partial charge in [-0.2, -0.15) is 0 Å². The van der Waals surface area contributed by atoms with Crippen LogP contribution in [0.5, 0.6) is 17.2 Å². The normalized spacial score (nSPS) is 10.8. The summed E-state index contributed by atoms with van der Waals surface area (Å²) in [6.45, 7) is 0. The number of carboxylic acid groups (broad SMARTS) is 1. The van der Waals surface area contributed by atoms with Crippen molar-refractivity contribution in [2.75, 3.05) is 0 Å². The minimum absolute atomic E-state index is 0.0707. The van der Waals surface area contributed by atoms with E-state index in [1.165, 1.54) is 36.4 Å². The average molecular weight is 335 g/mol. The summed E-state index contributed by atoms with van der Waals surface area (Å²) in [7, 11) is 0. The van der Waals surface area contributed by atoms with Crippen LogP contribution in [0.15, 0.2) is 66.7 Å². The van der Waals surface area contributed by atoms with Crippen molar-refractivity contribution in [3.8, 4) is 17.2 Å². The van der Waals surface area contributed by atoms with Crippen LogP contribution in [-0.4, -0.2) is 21.3 Å². The van der Waals surface area contributed by atoms with E-state index in [4.69, 9.17) is 0 Å². The third-order valence-electron chi connectivity index (χ3n) is 4.02. The molecule has 0 aliphatic heterocycles. The van der Waals surface area contributed by atoms with Gasteiger partial charge < -0.3 is 20.4 Å². The Labute approximate surface area is 144 Å². The molecule has 5 heteroatoms. The van der Waals surface area contributed by atoms with E-state index in [9.17, 15) is 25.2 Å². The highest BCUT2D eigenvalue weighted by atomic mass is 16.4. The van der Waals surface area contributed by atoms with Crippen LogP contribution in [0.1, 0.15) is 33.0 Å². The molecule has 0 aromatic heterocycles. The highest BCUT2D eigenvalue weighted by molar-refractivity contribution is 5.90. The lowest BCUT2D eigenvalue weighted by Crippen LogP contribution is -2.11. The number of hydrogen-bond acceptors (Lipinski definition) is 4. The lowest BCUT2D eigenvalue weighted by molar-refractivity contribution is -0.268. The number of aromatic carboxylic acids is 1. The third kappa shape index (κ3) is 3.40. The van der Waals surface area contributed by atoms with Gasteiger partial charge in [0.2, 0.25) is 0 Å². The molecular weight excluding hydrogens is 320 g/mol. The fraction of sp³-hybridized carbons (Fsp3) is 0.0500. The highest BCUT2D eigenvalue weighted by Crippen LogP contribution is 2.36. The SMILES string of the molecule is O=C(O)c1cc([O-])ccc1C(c1ccc(O)cc1)c1ccc(O)cc1. The molecule has 3 rings (SSSR count). The summed E-state index contributed by atoms with van der Waals surface area (Å²) in [5.74, 6) is -1.83. The predicted molar refractivity (Wildman–Crippen MR) is 90.0 cm³/mol. The zero-order valence-corrected chi connectivity index (χ0v) is 13.1. The molecule has 0 spiro atoms. The molecule has 0 heterocycles. The molecule has 0 aliphatic carbocycles. The first kappa shape index (κ1) is 16.4. The van der Waals surface area contributed by atoms with E-state index in [0.29, 0.717) is 5.56 Å². The number of rotatable bonds is 4. The fourth-order valence-electron chi connectivity index (χ4n) is 2.86. The van der Waals surface area contributed by atoms with Crippen LogP contribution in [0.3, 0.4) is 0 Å². The molecule has 3 aromatic carbocycles. The van der Waals surface area contributed by atoms with Crippen LogP contribution in [0, 0.1) is 0 Å². The van der Waals surface area contributed by atoms with E-state index >= 15 is 0 Å². The molecule has 0 saturated heterocycles. The van der Waals surface area contributed by atoms with Gasteiger partial charge in [0, 0.05) is 5.92 Å². The van der Waals surface area contributed by atoms with Gasteiger partial charge >= 0.3 is 5.97 Å². The summed E-state index contributed by atoms with van der Waals surface area (Å²) >= 11 is 0. The molecule has 0 unspecified atom stereocenters. The first-order valence-corrected chi connectivity index (χ1v) is 7.58. The second kappa shape index (κ2) is 6.57. The first-order valence-electron chi connectivity index (χ1n) is 7.58. The van der Waals surface area contributed by atoms with Crippen LogP contribution in [-0.2, 0) is 0 Å². The van der Waals surface area contributed by atoms with Gasteiger partial charge in [-0.15, -0.1) is 5.75 Å². The molecular formula is C20H15O5-. The zero-order chi connectivity index (χ0) is 18.0. The molecule has 25 heavy (non-hydrogen) atoms. The smallest absolute Gasteiger partial charge is 0.335 e.